The van der Waals surface area contributed by atoms with E-state index < -0.39 is 15.3 Å². The Morgan fingerprint density at radius 1 is 0.418 bits per heavy atom. The van der Waals surface area contributed by atoms with E-state index in [-0.39, 0.29) is 0 Å². The molecular weight excluding hydrogens is 697 g/mol. The molecule has 2 aliphatic heterocycles. The molecule has 8 aromatic carbocycles. The van der Waals surface area contributed by atoms with Gasteiger partial charge in [-0.3, -0.25) is 0 Å². The van der Waals surface area contributed by atoms with E-state index in [0.29, 0.717) is 21.3 Å². The molecule has 0 atom stereocenters. The number of rotatable bonds is 2. The Hall–Kier alpha value is -6.89. The maximum Gasteiger partial charge on any atom is 0.207 e. The lowest BCUT2D eigenvalue weighted by molar-refractivity contribution is 0.430. The van der Waals surface area contributed by atoms with Gasteiger partial charge in [0.1, 0.15) is 11.5 Å². The monoisotopic (exact) mass is 726 g/mol. The summed E-state index contributed by atoms with van der Waals surface area (Å²) in [6, 6.07) is 61.5. The molecule has 260 valence electrons. The van der Waals surface area contributed by atoms with Crippen LogP contribution in [0.4, 0.5) is 0 Å². The second-order valence-corrected chi connectivity index (χ2v) is 16.3. The van der Waals surface area contributed by atoms with Gasteiger partial charge in [-0.2, -0.15) is 0 Å². The van der Waals surface area contributed by atoms with Crippen molar-refractivity contribution >= 4 is 53.4 Å². The van der Waals surface area contributed by atoms with Crippen LogP contribution in [0.1, 0.15) is 22.3 Å². The molecule has 6 heteroatoms. The number of aromatic nitrogens is 2. The van der Waals surface area contributed by atoms with Gasteiger partial charge in [0.15, 0.2) is 0 Å². The van der Waals surface area contributed by atoms with Crippen LogP contribution in [0.5, 0.6) is 11.5 Å². The molecule has 1 spiro atoms. The Labute approximate surface area is 316 Å². The lowest BCUT2D eigenvalue weighted by atomic mass is 9.63. The van der Waals surface area contributed by atoms with E-state index in [2.05, 4.69) is 112 Å². The molecule has 10 aromatic rings. The van der Waals surface area contributed by atoms with E-state index in [4.69, 9.17) is 4.74 Å². The predicted octanol–water partition coefficient (Wildman–Crippen LogP) is 11.5. The van der Waals surface area contributed by atoms with Gasteiger partial charge in [-0.05, 0) is 77.9 Å². The maximum atomic E-state index is 15.4. The fraction of sp³-hybridized carbons (Fsp3) is 0.0204. The number of sulfone groups is 1. The second kappa shape index (κ2) is 10.8. The first-order chi connectivity index (χ1) is 27.1. The molecule has 0 saturated carbocycles. The van der Waals surface area contributed by atoms with Crippen molar-refractivity contribution < 1.29 is 13.2 Å². The number of ether oxygens (including phenoxy) is 1. The largest absolute Gasteiger partial charge is 0.457 e. The molecule has 0 aliphatic carbocycles. The molecule has 2 aromatic heterocycles. The summed E-state index contributed by atoms with van der Waals surface area (Å²) < 4.78 is 41.8. The highest BCUT2D eigenvalue weighted by Crippen LogP contribution is 2.61. The maximum absolute atomic E-state index is 15.4. The van der Waals surface area contributed by atoms with E-state index >= 15 is 8.42 Å². The third-order valence-electron chi connectivity index (χ3n) is 11.8. The zero-order valence-electron chi connectivity index (χ0n) is 29.3. The molecule has 0 bridgehead atoms. The number of hydrogen-bond acceptors (Lipinski definition) is 3. The molecule has 5 nitrogen and oxygen atoms in total. The number of fused-ring (bicyclic) bond motifs is 15. The third-order valence-corrected chi connectivity index (χ3v) is 13.7. The average Bonchev–Trinajstić information content (AvgIpc) is 3.75. The van der Waals surface area contributed by atoms with Crippen molar-refractivity contribution in [2.75, 3.05) is 0 Å². The van der Waals surface area contributed by atoms with Gasteiger partial charge in [0, 0.05) is 44.0 Å². The van der Waals surface area contributed by atoms with Gasteiger partial charge in [0.05, 0.1) is 37.3 Å². The van der Waals surface area contributed by atoms with Crippen LogP contribution < -0.4 is 4.74 Å². The molecule has 12 rings (SSSR count). The Morgan fingerprint density at radius 3 is 1.71 bits per heavy atom. The van der Waals surface area contributed by atoms with Crippen molar-refractivity contribution in [3.05, 3.63) is 204 Å². The molecule has 0 unspecified atom stereocenters. The number of benzene rings is 8. The SMILES string of the molecule is O=S1(=O)c2ccccc2C2(c3ccccc3Oc3ccccc32)c2ccc3c(c21)c1ccccc1n3-c1ccc2c(c1)c1ccccc1n2-c1ccccc1. The van der Waals surface area contributed by atoms with E-state index in [9.17, 15) is 0 Å². The van der Waals surface area contributed by atoms with Gasteiger partial charge in [0.2, 0.25) is 9.84 Å². The van der Waals surface area contributed by atoms with Crippen LogP contribution in [-0.4, -0.2) is 17.6 Å². The molecular formula is C49H30N2O3S. The highest BCUT2D eigenvalue weighted by Gasteiger charge is 2.53. The highest BCUT2D eigenvalue weighted by atomic mass is 32.2. The van der Waals surface area contributed by atoms with E-state index in [1.807, 2.05) is 72.8 Å². The van der Waals surface area contributed by atoms with Gasteiger partial charge >= 0.3 is 0 Å². The molecule has 55 heavy (non-hydrogen) atoms. The smallest absolute Gasteiger partial charge is 0.207 e. The van der Waals surface area contributed by atoms with Gasteiger partial charge < -0.3 is 13.9 Å². The van der Waals surface area contributed by atoms with Gasteiger partial charge in [-0.15, -0.1) is 0 Å². The first kappa shape index (κ1) is 30.6. The predicted molar refractivity (Wildman–Crippen MR) is 219 cm³/mol. The average molecular weight is 727 g/mol. The van der Waals surface area contributed by atoms with E-state index in [0.717, 1.165) is 77.2 Å². The van der Waals surface area contributed by atoms with Crippen LogP contribution in [0.2, 0.25) is 0 Å². The Kier molecular flexibility index (Phi) is 6.02. The quantitative estimate of drug-likeness (QED) is 0.178. The zero-order valence-corrected chi connectivity index (χ0v) is 30.2. The Morgan fingerprint density at radius 2 is 0.964 bits per heavy atom. The molecule has 0 N–H and O–H groups in total. The summed E-state index contributed by atoms with van der Waals surface area (Å²) in [7, 11) is -4.02. The summed E-state index contributed by atoms with van der Waals surface area (Å²) in [6.45, 7) is 0. The van der Waals surface area contributed by atoms with Crippen LogP contribution in [0, 0.1) is 0 Å². The Bertz CT molecular complexity index is 3330. The fourth-order valence-electron chi connectivity index (χ4n) is 9.68. The van der Waals surface area contributed by atoms with E-state index in [1.165, 1.54) is 0 Å². The molecule has 0 radical (unpaired) electrons. The normalized spacial score (nSPS) is 14.8. The third kappa shape index (κ3) is 3.83. The molecule has 2 aliphatic rings. The number of nitrogens with zero attached hydrogens (tertiary/aromatic N) is 2. The first-order valence-electron chi connectivity index (χ1n) is 18.4. The van der Waals surface area contributed by atoms with Crippen LogP contribution >= 0.6 is 0 Å². The van der Waals surface area contributed by atoms with Crippen molar-refractivity contribution in [2.45, 2.75) is 15.2 Å². The molecule has 0 fully saturated rings. The standard InChI is InChI=1S/C49H30N2O3S/c52-55(53)46-25-13-8-20-38(46)49(36-18-6-11-23-44(36)54-45-24-12-7-19-37(45)49)39-27-29-43-47(48(39)55)34-17-5-10-22-41(34)51(43)32-26-28-42-35(30-32)33-16-4-9-21-40(33)50(42)31-14-2-1-3-15-31/h1-30H. The van der Waals surface area contributed by atoms with Gasteiger partial charge in [-0.25, -0.2) is 8.42 Å². The fourth-order valence-corrected chi connectivity index (χ4v) is 11.7. The van der Waals surface area contributed by atoms with Crippen LogP contribution in [0.25, 0.3) is 55.0 Å². The molecule has 0 saturated heterocycles. The van der Waals surface area contributed by atoms with Crippen LogP contribution in [0.3, 0.4) is 0 Å². The summed E-state index contributed by atoms with van der Waals surface area (Å²) in [5.41, 5.74) is 8.40. The summed E-state index contributed by atoms with van der Waals surface area (Å²) >= 11 is 0. The van der Waals surface area contributed by atoms with Crippen LogP contribution in [-0.2, 0) is 15.3 Å². The van der Waals surface area contributed by atoms with Crippen LogP contribution in [0.15, 0.2) is 192 Å². The number of para-hydroxylation sites is 5. The topological polar surface area (TPSA) is 53.2 Å². The van der Waals surface area contributed by atoms with Crippen molar-refractivity contribution in [1.29, 1.82) is 0 Å². The number of hydrogen-bond donors (Lipinski definition) is 0. The lowest BCUT2D eigenvalue weighted by Gasteiger charge is -2.45. The minimum Gasteiger partial charge on any atom is -0.457 e. The highest BCUT2D eigenvalue weighted by molar-refractivity contribution is 7.92. The van der Waals surface area contributed by atoms with Crippen molar-refractivity contribution in [3.8, 4) is 22.9 Å². The van der Waals surface area contributed by atoms with E-state index in [1.54, 1.807) is 6.07 Å². The summed E-state index contributed by atoms with van der Waals surface area (Å²) in [4.78, 5) is 0.653. The lowest BCUT2D eigenvalue weighted by Crippen LogP contribution is -2.39. The van der Waals surface area contributed by atoms with Gasteiger partial charge in [0.25, 0.3) is 0 Å². The Balaban J connectivity index is 1.22. The second-order valence-electron chi connectivity index (χ2n) is 14.4. The molecule has 0 amide bonds. The summed E-state index contributed by atoms with van der Waals surface area (Å²) in [5.74, 6) is 1.43. The first-order valence-corrected chi connectivity index (χ1v) is 19.9. The van der Waals surface area contributed by atoms with Crippen molar-refractivity contribution in [3.63, 3.8) is 0 Å². The zero-order chi connectivity index (χ0) is 36.5. The van der Waals surface area contributed by atoms with Crippen molar-refractivity contribution in [1.82, 2.24) is 9.13 Å². The minimum atomic E-state index is -4.02. The molecule has 4 heterocycles. The van der Waals surface area contributed by atoms with Gasteiger partial charge in [-0.1, -0.05) is 115 Å². The summed E-state index contributed by atoms with van der Waals surface area (Å²) in [6.07, 6.45) is 0. The minimum absolute atomic E-state index is 0.313. The summed E-state index contributed by atoms with van der Waals surface area (Å²) in [5, 5.41) is 3.87. The van der Waals surface area contributed by atoms with Crippen molar-refractivity contribution in [2.24, 2.45) is 0 Å².